The predicted molar refractivity (Wildman–Crippen MR) is 79.8 cm³/mol. The second-order valence-corrected chi connectivity index (χ2v) is 5.82. The Bertz CT molecular complexity index is 305. The fourth-order valence-electron chi connectivity index (χ4n) is 2.85. The Hall–Kier alpha value is -0.650. The third-order valence-electron chi connectivity index (χ3n) is 4.17. The first-order chi connectivity index (χ1) is 9.44. The number of esters is 1. The van der Waals surface area contributed by atoms with Gasteiger partial charge in [0.25, 0.3) is 0 Å². The van der Waals surface area contributed by atoms with Gasteiger partial charge in [-0.2, -0.15) is 0 Å². The molecule has 0 aromatic carbocycles. The van der Waals surface area contributed by atoms with E-state index in [0.29, 0.717) is 12.6 Å². The Morgan fingerprint density at radius 2 is 2.25 bits per heavy atom. The van der Waals surface area contributed by atoms with Gasteiger partial charge in [-0.1, -0.05) is 6.92 Å². The normalized spacial score (nSPS) is 23.6. The Balaban J connectivity index is 2.65. The van der Waals surface area contributed by atoms with Crippen LogP contribution < -0.4 is 5.32 Å². The summed E-state index contributed by atoms with van der Waals surface area (Å²) in [4.78, 5) is 14.5. The molecule has 0 saturated carbocycles. The van der Waals surface area contributed by atoms with Crippen LogP contribution in [0.5, 0.6) is 0 Å². The van der Waals surface area contributed by atoms with Crippen LogP contribution in [-0.4, -0.2) is 61.9 Å². The monoisotopic (exact) mass is 286 g/mol. The highest BCUT2D eigenvalue weighted by Crippen LogP contribution is 2.21. The van der Waals surface area contributed by atoms with Crippen LogP contribution in [-0.2, 0) is 14.3 Å². The van der Waals surface area contributed by atoms with Crippen molar-refractivity contribution in [1.29, 1.82) is 0 Å². The van der Waals surface area contributed by atoms with Gasteiger partial charge in [0.15, 0.2) is 0 Å². The minimum atomic E-state index is -0.627. The van der Waals surface area contributed by atoms with Gasteiger partial charge >= 0.3 is 5.97 Å². The zero-order valence-electron chi connectivity index (χ0n) is 13.6. The van der Waals surface area contributed by atoms with Gasteiger partial charge in [0.2, 0.25) is 0 Å². The van der Waals surface area contributed by atoms with Gasteiger partial charge in [-0.3, -0.25) is 9.69 Å². The quantitative estimate of drug-likeness (QED) is 0.684. The van der Waals surface area contributed by atoms with Crippen LogP contribution in [0.2, 0.25) is 0 Å². The standard InChI is InChI=1S/C15H30N2O3/c1-6-16-15(4,14(18)20-7-2)10-12(3)17(5)13-8-9-19-11-13/h12-13,16H,6-11H2,1-5H3. The molecule has 1 aliphatic heterocycles. The van der Waals surface area contributed by atoms with E-state index in [4.69, 9.17) is 9.47 Å². The summed E-state index contributed by atoms with van der Waals surface area (Å²) >= 11 is 0. The van der Waals surface area contributed by atoms with E-state index in [9.17, 15) is 4.79 Å². The summed E-state index contributed by atoms with van der Waals surface area (Å²) in [7, 11) is 2.11. The molecule has 0 spiro atoms. The number of hydrogen-bond donors (Lipinski definition) is 1. The van der Waals surface area contributed by atoms with Crippen LogP contribution in [0.4, 0.5) is 0 Å². The topological polar surface area (TPSA) is 50.8 Å². The van der Waals surface area contributed by atoms with E-state index in [1.165, 1.54) is 0 Å². The van der Waals surface area contributed by atoms with Crippen molar-refractivity contribution in [3.05, 3.63) is 0 Å². The molecule has 118 valence electrons. The molecule has 1 heterocycles. The molecule has 0 radical (unpaired) electrons. The van der Waals surface area contributed by atoms with Crippen LogP contribution in [0, 0.1) is 0 Å². The van der Waals surface area contributed by atoms with Crippen molar-refractivity contribution >= 4 is 5.97 Å². The molecule has 1 saturated heterocycles. The number of carbonyl (C=O) groups excluding carboxylic acids is 1. The van der Waals surface area contributed by atoms with E-state index < -0.39 is 5.54 Å². The van der Waals surface area contributed by atoms with Crippen LogP contribution in [0.15, 0.2) is 0 Å². The maximum Gasteiger partial charge on any atom is 0.326 e. The number of nitrogens with one attached hydrogen (secondary N) is 1. The smallest absolute Gasteiger partial charge is 0.326 e. The number of likely N-dealkylation sites (N-methyl/N-ethyl adjacent to an activating group) is 2. The lowest BCUT2D eigenvalue weighted by Crippen LogP contribution is -2.54. The molecule has 1 fully saturated rings. The maximum atomic E-state index is 12.2. The largest absolute Gasteiger partial charge is 0.465 e. The van der Waals surface area contributed by atoms with E-state index in [0.717, 1.165) is 32.6 Å². The molecule has 0 aromatic heterocycles. The minimum Gasteiger partial charge on any atom is -0.465 e. The lowest BCUT2D eigenvalue weighted by Gasteiger charge is -2.36. The van der Waals surface area contributed by atoms with E-state index >= 15 is 0 Å². The molecule has 0 amide bonds. The summed E-state index contributed by atoms with van der Waals surface area (Å²) < 4.78 is 10.7. The van der Waals surface area contributed by atoms with Crippen molar-refractivity contribution < 1.29 is 14.3 Å². The SMILES string of the molecule is CCNC(C)(CC(C)N(C)C1CCOC1)C(=O)OCC. The summed E-state index contributed by atoms with van der Waals surface area (Å²) in [5.41, 5.74) is -0.627. The van der Waals surface area contributed by atoms with Crippen molar-refractivity contribution in [2.75, 3.05) is 33.4 Å². The molecule has 0 aromatic rings. The Morgan fingerprint density at radius 1 is 1.55 bits per heavy atom. The average Bonchev–Trinajstić information content (AvgIpc) is 2.92. The maximum absolute atomic E-state index is 12.2. The van der Waals surface area contributed by atoms with Gasteiger partial charge in [-0.05, 0) is 47.2 Å². The first-order valence-corrected chi connectivity index (χ1v) is 7.66. The summed E-state index contributed by atoms with van der Waals surface area (Å²) in [5.74, 6) is -0.162. The molecule has 20 heavy (non-hydrogen) atoms. The van der Waals surface area contributed by atoms with Crippen molar-refractivity contribution in [3.8, 4) is 0 Å². The molecular weight excluding hydrogens is 256 g/mol. The second-order valence-electron chi connectivity index (χ2n) is 5.82. The van der Waals surface area contributed by atoms with E-state index in [-0.39, 0.29) is 12.0 Å². The third kappa shape index (κ3) is 4.43. The summed E-state index contributed by atoms with van der Waals surface area (Å²) in [5, 5.41) is 3.29. The van der Waals surface area contributed by atoms with Crippen molar-refractivity contribution in [2.45, 2.75) is 58.2 Å². The minimum absolute atomic E-state index is 0.162. The van der Waals surface area contributed by atoms with Crippen molar-refractivity contribution in [1.82, 2.24) is 10.2 Å². The molecule has 0 aliphatic carbocycles. The van der Waals surface area contributed by atoms with Gasteiger partial charge < -0.3 is 14.8 Å². The highest BCUT2D eigenvalue weighted by Gasteiger charge is 2.37. The van der Waals surface area contributed by atoms with E-state index in [1.54, 1.807) is 0 Å². The molecule has 1 aliphatic rings. The highest BCUT2D eigenvalue weighted by atomic mass is 16.5. The predicted octanol–water partition coefficient (Wildman–Crippen LogP) is 1.42. The zero-order chi connectivity index (χ0) is 15.2. The Morgan fingerprint density at radius 3 is 2.75 bits per heavy atom. The molecule has 1 N–H and O–H groups in total. The van der Waals surface area contributed by atoms with Gasteiger partial charge in [0.05, 0.1) is 13.2 Å². The highest BCUT2D eigenvalue weighted by molar-refractivity contribution is 5.80. The molecule has 3 atom stereocenters. The fraction of sp³-hybridized carbons (Fsp3) is 0.933. The van der Waals surface area contributed by atoms with Crippen LogP contribution in [0.1, 0.15) is 40.5 Å². The molecule has 5 heteroatoms. The average molecular weight is 286 g/mol. The van der Waals surface area contributed by atoms with Gasteiger partial charge in [-0.25, -0.2) is 0 Å². The summed E-state index contributed by atoms with van der Waals surface area (Å²) in [6, 6.07) is 0.744. The van der Waals surface area contributed by atoms with Gasteiger partial charge in [0, 0.05) is 18.7 Å². The van der Waals surface area contributed by atoms with E-state index in [2.05, 4.69) is 24.2 Å². The lowest BCUT2D eigenvalue weighted by atomic mass is 9.92. The van der Waals surface area contributed by atoms with Gasteiger partial charge in [0.1, 0.15) is 5.54 Å². The molecule has 1 rings (SSSR count). The zero-order valence-corrected chi connectivity index (χ0v) is 13.6. The second kappa shape index (κ2) is 7.96. The van der Waals surface area contributed by atoms with Crippen LogP contribution in [0.3, 0.4) is 0 Å². The number of carbonyl (C=O) groups is 1. The fourth-order valence-corrected chi connectivity index (χ4v) is 2.85. The first-order valence-electron chi connectivity index (χ1n) is 7.66. The molecule has 0 bridgehead atoms. The van der Waals surface area contributed by atoms with Crippen molar-refractivity contribution in [2.24, 2.45) is 0 Å². The Kier molecular flexibility index (Phi) is 6.92. The summed E-state index contributed by atoms with van der Waals surface area (Å²) in [6.45, 7) is 10.7. The molecule has 3 unspecified atom stereocenters. The number of hydrogen-bond acceptors (Lipinski definition) is 5. The number of nitrogens with zero attached hydrogens (tertiary/aromatic N) is 1. The van der Waals surface area contributed by atoms with Crippen molar-refractivity contribution in [3.63, 3.8) is 0 Å². The number of rotatable bonds is 8. The van der Waals surface area contributed by atoms with Gasteiger partial charge in [-0.15, -0.1) is 0 Å². The first kappa shape index (κ1) is 17.4. The lowest BCUT2D eigenvalue weighted by molar-refractivity contribution is -0.151. The molecular formula is C15H30N2O3. The van der Waals surface area contributed by atoms with Crippen LogP contribution >= 0.6 is 0 Å². The molecule has 5 nitrogen and oxygen atoms in total. The summed E-state index contributed by atoms with van der Waals surface area (Å²) in [6.07, 6.45) is 1.80. The van der Waals surface area contributed by atoms with Crippen LogP contribution in [0.25, 0.3) is 0 Å². The third-order valence-corrected chi connectivity index (χ3v) is 4.17. The van der Waals surface area contributed by atoms with E-state index in [1.807, 2.05) is 20.8 Å². The Labute approximate surface area is 123 Å². The number of ether oxygens (including phenoxy) is 2.